The Hall–Kier alpha value is -3.03. The van der Waals surface area contributed by atoms with Crippen LogP contribution in [0.15, 0.2) is 55.5 Å². The van der Waals surface area contributed by atoms with Crippen LogP contribution in [0.3, 0.4) is 0 Å². The number of hydrogen-bond acceptors (Lipinski definition) is 5. The van der Waals surface area contributed by atoms with Gasteiger partial charge in [0.2, 0.25) is 5.91 Å². The predicted octanol–water partition coefficient (Wildman–Crippen LogP) is 3.66. The van der Waals surface area contributed by atoms with Gasteiger partial charge in [0, 0.05) is 30.7 Å². The fourth-order valence-corrected chi connectivity index (χ4v) is 3.76. The summed E-state index contributed by atoms with van der Waals surface area (Å²) < 4.78 is 5.99. The zero-order valence-electron chi connectivity index (χ0n) is 15.9. The molecule has 1 saturated heterocycles. The van der Waals surface area contributed by atoms with Gasteiger partial charge in [-0.25, -0.2) is 9.97 Å². The van der Waals surface area contributed by atoms with Crippen molar-refractivity contribution in [2.45, 2.75) is 19.1 Å². The normalized spacial score (nSPS) is 19.2. The molecule has 1 N–H and O–H groups in total. The van der Waals surface area contributed by atoms with E-state index in [-0.39, 0.29) is 18.1 Å². The summed E-state index contributed by atoms with van der Waals surface area (Å²) in [5.41, 5.74) is 3.13. The van der Waals surface area contributed by atoms with Crippen LogP contribution >= 0.6 is 11.6 Å². The van der Waals surface area contributed by atoms with Gasteiger partial charge < -0.3 is 14.6 Å². The number of nitrogens with zero attached hydrogens (tertiary/aromatic N) is 4. The Morgan fingerprint density at radius 3 is 2.93 bits per heavy atom. The molecule has 1 aliphatic heterocycles. The Bertz CT molecular complexity index is 1040. The summed E-state index contributed by atoms with van der Waals surface area (Å²) in [5, 5.41) is 0.358. The van der Waals surface area contributed by atoms with Crippen molar-refractivity contribution in [1.82, 2.24) is 24.8 Å². The number of hydrogen-bond donors (Lipinski definition) is 1. The molecule has 3 aromatic heterocycles. The van der Waals surface area contributed by atoms with Crippen molar-refractivity contribution in [3.05, 3.63) is 66.2 Å². The second-order valence-corrected chi connectivity index (χ2v) is 7.13. The maximum atomic E-state index is 12.2. The summed E-state index contributed by atoms with van der Waals surface area (Å²) in [6, 6.07) is 7.34. The number of aromatic amines is 1. The molecule has 0 saturated carbocycles. The summed E-state index contributed by atoms with van der Waals surface area (Å²) in [7, 11) is 0. The second-order valence-electron chi connectivity index (χ2n) is 6.74. The van der Waals surface area contributed by atoms with E-state index in [1.54, 1.807) is 29.6 Å². The molecule has 1 amide bonds. The van der Waals surface area contributed by atoms with Crippen molar-refractivity contribution < 1.29 is 9.53 Å². The summed E-state index contributed by atoms with van der Waals surface area (Å²) >= 11 is 6.33. The minimum absolute atomic E-state index is 0.108. The Balaban J connectivity index is 1.69. The van der Waals surface area contributed by atoms with E-state index in [1.165, 1.54) is 6.08 Å². The van der Waals surface area contributed by atoms with Crippen molar-refractivity contribution in [2.24, 2.45) is 0 Å². The van der Waals surface area contributed by atoms with Crippen LogP contribution in [0.1, 0.15) is 18.6 Å². The van der Waals surface area contributed by atoms with E-state index in [0.717, 1.165) is 11.1 Å². The lowest BCUT2D eigenvalue weighted by molar-refractivity contribution is -0.140. The van der Waals surface area contributed by atoms with Crippen LogP contribution in [0.2, 0.25) is 5.15 Å². The molecule has 148 valence electrons. The molecule has 0 aromatic carbocycles. The summed E-state index contributed by atoms with van der Waals surface area (Å²) in [6.07, 6.45) is 6.16. The van der Waals surface area contributed by atoms with Crippen LogP contribution in [0.4, 0.5) is 0 Å². The predicted molar refractivity (Wildman–Crippen MR) is 110 cm³/mol. The van der Waals surface area contributed by atoms with Gasteiger partial charge in [-0.05, 0) is 42.8 Å². The highest BCUT2D eigenvalue weighted by atomic mass is 35.5. The monoisotopic (exact) mass is 409 g/mol. The minimum Gasteiger partial charge on any atom is -0.370 e. The van der Waals surface area contributed by atoms with Crippen LogP contribution in [-0.4, -0.2) is 49.9 Å². The molecule has 4 rings (SSSR count). The van der Waals surface area contributed by atoms with Crippen LogP contribution in [0.25, 0.3) is 22.8 Å². The number of H-pyrrole nitrogens is 1. The minimum atomic E-state index is -0.307. The fraction of sp³-hybridized carbons (Fsp3) is 0.238. The van der Waals surface area contributed by atoms with Gasteiger partial charge in [0.15, 0.2) is 5.82 Å². The SMILES string of the molecule is C=CC(=O)N1CCO[C@@H](c2cc(Cl)nc(-c3ccnc(-c4ncc[nH]4)c3)c2)[C@@H]1C. The zero-order chi connectivity index (χ0) is 20.4. The van der Waals surface area contributed by atoms with Crippen LogP contribution in [-0.2, 0) is 9.53 Å². The molecule has 7 nitrogen and oxygen atoms in total. The largest absolute Gasteiger partial charge is 0.370 e. The van der Waals surface area contributed by atoms with E-state index in [4.69, 9.17) is 16.3 Å². The van der Waals surface area contributed by atoms with E-state index in [1.807, 2.05) is 25.1 Å². The molecule has 0 unspecified atom stereocenters. The lowest BCUT2D eigenvalue weighted by atomic mass is 9.99. The third-order valence-corrected chi connectivity index (χ3v) is 5.15. The molecule has 8 heteroatoms. The Kier molecular flexibility index (Phi) is 5.42. The Labute approximate surface area is 173 Å². The number of morpholine rings is 1. The smallest absolute Gasteiger partial charge is 0.246 e. The standard InChI is InChI=1S/C21H20ClN5O2/c1-3-19(28)27-8-9-29-20(13(27)2)15-11-16(26-18(22)12-15)14-4-5-23-17(10-14)21-24-6-7-25-21/h3-7,10-13,20H,1,8-9H2,2H3,(H,24,25)/t13-,20+/m0/s1. The maximum absolute atomic E-state index is 12.2. The number of carbonyl (C=O) groups is 1. The number of pyridine rings is 2. The highest BCUT2D eigenvalue weighted by Crippen LogP contribution is 2.32. The molecule has 3 aromatic rings. The molecular formula is C21H20ClN5O2. The molecule has 0 aliphatic carbocycles. The van der Waals surface area contributed by atoms with Crippen molar-refractivity contribution in [2.75, 3.05) is 13.2 Å². The molecule has 2 atom stereocenters. The number of halogens is 1. The third-order valence-electron chi connectivity index (χ3n) is 4.96. The highest BCUT2D eigenvalue weighted by molar-refractivity contribution is 6.29. The van der Waals surface area contributed by atoms with Gasteiger partial charge in [0.05, 0.1) is 18.3 Å². The zero-order valence-corrected chi connectivity index (χ0v) is 16.6. The van der Waals surface area contributed by atoms with E-state index in [9.17, 15) is 4.79 Å². The molecule has 0 radical (unpaired) electrons. The Morgan fingerprint density at radius 1 is 1.31 bits per heavy atom. The number of carbonyl (C=O) groups excluding carboxylic acids is 1. The average molecular weight is 410 g/mol. The number of imidazole rings is 1. The number of ether oxygens (including phenoxy) is 1. The lowest BCUT2D eigenvalue weighted by Crippen LogP contribution is -2.48. The topological polar surface area (TPSA) is 84.0 Å². The quantitative estimate of drug-likeness (QED) is 0.525. The first kappa shape index (κ1) is 19.3. The average Bonchev–Trinajstić information content (AvgIpc) is 3.28. The van der Waals surface area contributed by atoms with Crippen LogP contribution in [0, 0.1) is 0 Å². The first-order valence-corrected chi connectivity index (χ1v) is 9.63. The molecule has 0 bridgehead atoms. The summed E-state index contributed by atoms with van der Waals surface area (Å²) in [5.74, 6) is 0.570. The molecule has 1 aliphatic rings. The highest BCUT2D eigenvalue weighted by Gasteiger charge is 2.32. The van der Waals surface area contributed by atoms with Gasteiger partial charge in [-0.1, -0.05) is 18.2 Å². The molecule has 4 heterocycles. The lowest BCUT2D eigenvalue weighted by Gasteiger charge is -2.39. The summed E-state index contributed by atoms with van der Waals surface area (Å²) in [4.78, 5) is 30.0. The first-order chi connectivity index (χ1) is 14.1. The number of amides is 1. The van der Waals surface area contributed by atoms with Gasteiger partial charge in [0.25, 0.3) is 0 Å². The molecule has 0 spiro atoms. The van der Waals surface area contributed by atoms with E-state index in [0.29, 0.717) is 35.5 Å². The van der Waals surface area contributed by atoms with E-state index in [2.05, 4.69) is 26.5 Å². The maximum Gasteiger partial charge on any atom is 0.246 e. The number of rotatable bonds is 4. The van der Waals surface area contributed by atoms with Crippen molar-refractivity contribution in [1.29, 1.82) is 0 Å². The van der Waals surface area contributed by atoms with Gasteiger partial charge in [0.1, 0.15) is 17.0 Å². The second kappa shape index (κ2) is 8.14. The third kappa shape index (κ3) is 3.92. The van der Waals surface area contributed by atoms with Crippen LogP contribution < -0.4 is 0 Å². The molecule has 1 fully saturated rings. The Morgan fingerprint density at radius 2 is 2.17 bits per heavy atom. The van der Waals surface area contributed by atoms with Gasteiger partial charge in [-0.3, -0.25) is 9.78 Å². The van der Waals surface area contributed by atoms with Crippen molar-refractivity contribution in [3.63, 3.8) is 0 Å². The van der Waals surface area contributed by atoms with Gasteiger partial charge >= 0.3 is 0 Å². The van der Waals surface area contributed by atoms with Crippen LogP contribution in [0.5, 0.6) is 0 Å². The van der Waals surface area contributed by atoms with Gasteiger partial charge in [-0.2, -0.15) is 0 Å². The first-order valence-electron chi connectivity index (χ1n) is 9.25. The molecular weight excluding hydrogens is 390 g/mol. The number of aromatic nitrogens is 4. The molecule has 29 heavy (non-hydrogen) atoms. The van der Waals surface area contributed by atoms with E-state index >= 15 is 0 Å². The number of nitrogens with one attached hydrogen (secondary N) is 1. The fourth-order valence-electron chi connectivity index (χ4n) is 3.54. The van der Waals surface area contributed by atoms with Crippen molar-refractivity contribution >= 4 is 17.5 Å². The van der Waals surface area contributed by atoms with Gasteiger partial charge in [-0.15, -0.1) is 0 Å². The van der Waals surface area contributed by atoms with Crippen molar-refractivity contribution in [3.8, 4) is 22.8 Å². The van der Waals surface area contributed by atoms with E-state index < -0.39 is 0 Å². The summed E-state index contributed by atoms with van der Waals surface area (Å²) in [6.45, 7) is 6.53.